The maximum Gasteiger partial charge on any atom is 0.251 e. The first-order valence-electron chi connectivity index (χ1n) is 7.85. The third-order valence-electron chi connectivity index (χ3n) is 4.09. The third kappa shape index (κ3) is 4.30. The number of nitrogens with one attached hydrogen (secondary N) is 2. The lowest BCUT2D eigenvalue weighted by Crippen LogP contribution is -2.33. The van der Waals surface area contributed by atoms with Crippen molar-refractivity contribution in [1.29, 1.82) is 0 Å². The Hall–Kier alpha value is -1.40. The minimum atomic E-state index is -3.52. The molecule has 1 aromatic carbocycles. The summed E-state index contributed by atoms with van der Waals surface area (Å²) in [5.41, 5.74) is 0.495. The molecule has 0 unspecified atom stereocenters. The molecule has 0 bridgehead atoms. The van der Waals surface area contributed by atoms with Crippen molar-refractivity contribution in [1.82, 2.24) is 10.0 Å². The predicted molar refractivity (Wildman–Crippen MR) is 86.2 cm³/mol. The first-order chi connectivity index (χ1) is 10.4. The molecular weight excluding hydrogens is 300 g/mol. The summed E-state index contributed by atoms with van der Waals surface area (Å²) in [6.45, 7) is 3.74. The second-order valence-corrected chi connectivity index (χ2v) is 7.62. The van der Waals surface area contributed by atoms with Crippen LogP contribution in [0.2, 0.25) is 0 Å². The summed E-state index contributed by atoms with van der Waals surface area (Å²) < 4.78 is 26.9. The van der Waals surface area contributed by atoms with Gasteiger partial charge < -0.3 is 5.32 Å². The fourth-order valence-electron chi connectivity index (χ4n) is 2.54. The van der Waals surface area contributed by atoms with E-state index in [0.29, 0.717) is 5.56 Å². The molecule has 0 aliphatic heterocycles. The number of sulfonamides is 1. The lowest BCUT2D eigenvalue weighted by molar-refractivity contribution is 0.0938. The topological polar surface area (TPSA) is 75.3 Å². The van der Waals surface area contributed by atoms with Gasteiger partial charge in [-0.25, -0.2) is 13.1 Å². The zero-order valence-electron chi connectivity index (χ0n) is 13.1. The zero-order chi connectivity index (χ0) is 16.2. The standard InChI is InChI=1S/C16H24N2O3S/c1-3-12(2)18-22(20,21)15-10-8-13(9-11-15)16(19)17-14-6-4-5-7-14/h8-12,14,18H,3-7H2,1-2H3,(H,17,19)/t12-/m0/s1. The number of amides is 1. The Morgan fingerprint density at radius 2 is 1.82 bits per heavy atom. The van der Waals surface area contributed by atoms with Crippen molar-refractivity contribution < 1.29 is 13.2 Å². The lowest BCUT2D eigenvalue weighted by atomic mass is 10.2. The Morgan fingerprint density at radius 3 is 2.36 bits per heavy atom. The van der Waals surface area contributed by atoms with Gasteiger partial charge in [-0.1, -0.05) is 19.8 Å². The van der Waals surface area contributed by atoms with E-state index in [1.807, 2.05) is 13.8 Å². The SMILES string of the molecule is CC[C@H](C)NS(=O)(=O)c1ccc(C(=O)NC2CCCC2)cc1. The maximum atomic E-state index is 12.1. The van der Waals surface area contributed by atoms with E-state index in [-0.39, 0.29) is 22.9 Å². The molecule has 1 amide bonds. The molecule has 122 valence electrons. The Labute approximate surface area is 132 Å². The first kappa shape index (κ1) is 17.0. The highest BCUT2D eigenvalue weighted by atomic mass is 32.2. The summed E-state index contributed by atoms with van der Waals surface area (Å²) in [6.07, 6.45) is 5.09. The summed E-state index contributed by atoms with van der Waals surface area (Å²) in [5, 5.41) is 2.99. The average Bonchev–Trinajstić information content (AvgIpc) is 2.99. The van der Waals surface area contributed by atoms with Gasteiger partial charge in [-0.2, -0.15) is 0 Å². The number of hydrogen-bond donors (Lipinski definition) is 2. The van der Waals surface area contributed by atoms with Gasteiger partial charge in [0, 0.05) is 17.6 Å². The van der Waals surface area contributed by atoms with Crippen molar-refractivity contribution in [2.45, 2.75) is 62.9 Å². The van der Waals surface area contributed by atoms with E-state index in [1.165, 1.54) is 12.1 Å². The molecule has 0 aromatic heterocycles. The molecule has 1 saturated carbocycles. The van der Waals surface area contributed by atoms with Crippen LogP contribution in [0.4, 0.5) is 0 Å². The van der Waals surface area contributed by atoms with Gasteiger partial charge >= 0.3 is 0 Å². The van der Waals surface area contributed by atoms with Crippen molar-refractivity contribution in [2.75, 3.05) is 0 Å². The summed E-state index contributed by atoms with van der Waals surface area (Å²) in [5.74, 6) is -0.134. The van der Waals surface area contributed by atoms with Crippen LogP contribution in [0, 0.1) is 0 Å². The third-order valence-corrected chi connectivity index (χ3v) is 5.69. The molecule has 0 radical (unpaired) electrons. The highest BCUT2D eigenvalue weighted by Gasteiger charge is 2.19. The molecule has 0 saturated heterocycles. The largest absolute Gasteiger partial charge is 0.349 e. The van der Waals surface area contributed by atoms with Crippen LogP contribution in [0.1, 0.15) is 56.3 Å². The quantitative estimate of drug-likeness (QED) is 0.844. The Kier molecular flexibility index (Phi) is 5.58. The van der Waals surface area contributed by atoms with Gasteiger partial charge in [-0.05, 0) is 50.5 Å². The molecule has 1 aliphatic carbocycles. The van der Waals surface area contributed by atoms with Crippen molar-refractivity contribution in [3.8, 4) is 0 Å². The average molecular weight is 324 g/mol. The van der Waals surface area contributed by atoms with Gasteiger partial charge in [0.15, 0.2) is 0 Å². The van der Waals surface area contributed by atoms with Gasteiger partial charge in [0.1, 0.15) is 0 Å². The van der Waals surface area contributed by atoms with Gasteiger partial charge in [0.2, 0.25) is 10.0 Å². The fourth-order valence-corrected chi connectivity index (χ4v) is 3.87. The van der Waals surface area contributed by atoms with E-state index in [0.717, 1.165) is 32.1 Å². The van der Waals surface area contributed by atoms with E-state index in [9.17, 15) is 13.2 Å². The molecule has 0 spiro atoms. The molecule has 1 fully saturated rings. The van der Waals surface area contributed by atoms with Gasteiger partial charge in [0.25, 0.3) is 5.91 Å². The van der Waals surface area contributed by atoms with Crippen LogP contribution < -0.4 is 10.0 Å². The smallest absolute Gasteiger partial charge is 0.251 e. The lowest BCUT2D eigenvalue weighted by Gasteiger charge is -2.13. The van der Waals surface area contributed by atoms with Crippen LogP contribution in [-0.4, -0.2) is 26.4 Å². The Bertz CT molecular complexity index is 605. The van der Waals surface area contributed by atoms with Crippen molar-refractivity contribution in [2.24, 2.45) is 0 Å². The van der Waals surface area contributed by atoms with Crippen LogP contribution in [0.15, 0.2) is 29.2 Å². The van der Waals surface area contributed by atoms with Crippen molar-refractivity contribution in [3.63, 3.8) is 0 Å². The number of benzene rings is 1. The van der Waals surface area contributed by atoms with Gasteiger partial charge in [-0.15, -0.1) is 0 Å². The highest BCUT2D eigenvalue weighted by molar-refractivity contribution is 7.89. The van der Waals surface area contributed by atoms with Crippen LogP contribution >= 0.6 is 0 Å². The first-order valence-corrected chi connectivity index (χ1v) is 9.34. The molecular formula is C16H24N2O3S. The fraction of sp³-hybridized carbons (Fsp3) is 0.562. The molecule has 2 N–H and O–H groups in total. The minimum Gasteiger partial charge on any atom is -0.349 e. The van der Waals surface area contributed by atoms with Crippen molar-refractivity contribution in [3.05, 3.63) is 29.8 Å². The van der Waals surface area contributed by atoms with Gasteiger partial charge in [-0.3, -0.25) is 4.79 Å². The van der Waals surface area contributed by atoms with Crippen LogP contribution in [0.3, 0.4) is 0 Å². The summed E-state index contributed by atoms with van der Waals surface area (Å²) >= 11 is 0. The van der Waals surface area contributed by atoms with Crippen LogP contribution in [-0.2, 0) is 10.0 Å². The molecule has 1 aliphatic rings. The van der Waals surface area contributed by atoms with E-state index < -0.39 is 10.0 Å². The molecule has 6 heteroatoms. The van der Waals surface area contributed by atoms with E-state index in [4.69, 9.17) is 0 Å². The molecule has 22 heavy (non-hydrogen) atoms. The molecule has 5 nitrogen and oxygen atoms in total. The predicted octanol–water partition coefficient (Wildman–Crippen LogP) is 2.44. The number of rotatable bonds is 6. The van der Waals surface area contributed by atoms with E-state index in [2.05, 4.69) is 10.0 Å². The van der Waals surface area contributed by atoms with Crippen LogP contribution in [0.25, 0.3) is 0 Å². The van der Waals surface area contributed by atoms with E-state index in [1.54, 1.807) is 12.1 Å². The molecule has 1 atom stereocenters. The van der Waals surface area contributed by atoms with Gasteiger partial charge in [0.05, 0.1) is 4.90 Å². The molecule has 1 aromatic rings. The van der Waals surface area contributed by atoms with Crippen LogP contribution in [0.5, 0.6) is 0 Å². The monoisotopic (exact) mass is 324 g/mol. The minimum absolute atomic E-state index is 0.115. The maximum absolute atomic E-state index is 12.1. The number of hydrogen-bond acceptors (Lipinski definition) is 3. The summed E-state index contributed by atoms with van der Waals surface area (Å²) in [4.78, 5) is 12.3. The molecule has 0 heterocycles. The number of carbonyl (C=O) groups excluding carboxylic acids is 1. The Balaban J connectivity index is 2.04. The summed E-state index contributed by atoms with van der Waals surface area (Å²) in [7, 11) is -3.52. The second-order valence-electron chi connectivity index (χ2n) is 5.91. The summed E-state index contributed by atoms with van der Waals surface area (Å²) in [6, 6.07) is 6.23. The zero-order valence-corrected chi connectivity index (χ0v) is 13.9. The number of carbonyl (C=O) groups is 1. The van der Waals surface area contributed by atoms with Crippen molar-refractivity contribution >= 4 is 15.9 Å². The second kappa shape index (κ2) is 7.24. The van der Waals surface area contributed by atoms with E-state index >= 15 is 0 Å². The Morgan fingerprint density at radius 1 is 1.23 bits per heavy atom. The molecule has 2 rings (SSSR count). The highest BCUT2D eigenvalue weighted by Crippen LogP contribution is 2.18. The normalized spacial score (nSPS) is 17.4.